The van der Waals surface area contributed by atoms with Crippen LogP contribution in [0.5, 0.6) is 0 Å². The summed E-state index contributed by atoms with van der Waals surface area (Å²) < 4.78 is 1.57. The molecule has 68 valence electrons. The monoisotopic (exact) mass is 185 g/mol. The molecular formula is C10H16ClN. The van der Waals surface area contributed by atoms with Crippen molar-refractivity contribution in [1.29, 1.82) is 0 Å². The molecule has 1 aliphatic carbocycles. The Balaban J connectivity index is 2.33. The molecule has 0 amide bonds. The molecular weight excluding hydrogens is 170 g/mol. The van der Waals surface area contributed by atoms with Crippen LogP contribution in [-0.2, 0) is 0 Å². The first kappa shape index (κ1) is 9.66. The normalized spacial score (nSPS) is 22.2. The van der Waals surface area contributed by atoms with Crippen LogP contribution in [-0.4, -0.2) is 11.5 Å². The number of nitrogens with zero attached hydrogens (tertiary/aromatic N) is 1. The lowest BCUT2D eigenvalue weighted by Crippen LogP contribution is -2.10. The first-order chi connectivity index (χ1) is 5.74. The summed E-state index contributed by atoms with van der Waals surface area (Å²) in [5.41, 5.74) is 1.58. The summed E-state index contributed by atoms with van der Waals surface area (Å²) in [6.45, 7) is 2.22. The molecule has 2 heteroatoms. The lowest BCUT2D eigenvalue weighted by atomic mass is 9.82. The Hall–Kier alpha value is -0.430. The summed E-state index contributed by atoms with van der Waals surface area (Å²) >= 11 is 5.65. The Labute approximate surface area is 79.8 Å². The number of hydrogen-bond donors (Lipinski definition) is 0. The third kappa shape index (κ3) is 2.56. The summed E-state index contributed by atoms with van der Waals surface area (Å²) in [4.78, 5) is 0. The number of allylic oxidation sites excluding steroid dienone is 3. The lowest BCUT2D eigenvalue weighted by molar-refractivity contribution is 0.624. The van der Waals surface area contributed by atoms with E-state index in [4.69, 9.17) is 11.8 Å². The second kappa shape index (κ2) is 4.56. The highest BCUT2D eigenvalue weighted by atomic mass is 35.5. The first-order valence-electron chi connectivity index (χ1n) is 4.50. The smallest absolute Gasteiger partial charge is 0.0229 e. The van der Waals surface area contributed by atoms with Crippen molar-refractivity contribution in [1.82, 2.24) is 4.42 Å². The van der Waals surface area contributed by atoms with Crippen molar-refractivity contribution in [2.45, 2.75) is 26.2 Å². The average molecular weight is 186 g/mol. The van der Waals surface area contributed by atoms with Gasteiger partial charge in [0.15, 0.2) is 0 Å². The van der Waals surface area contributed by atoms with Gasteiger partial charge in [-0.1, -0.05) is 31.1 Å². The first-order valence-corrected chi connectivity index (χ1v) is 4.83. The highest BCUT2D eigenvalue weighted by Gasteiger charge is 2.16. The number of rotatable bonds is 4. The van der Waals surface area contributed by atoms with E-state index in [1.807, 2.05) is 13.2 Å². The zero-order chi connectivity index (χ0) is 8.97. The zero-order valence-electron chi connectivity index (χ0n) is 7.76. The van der Waals surface area contributed by atoms with Crippen LogP contribution in [0.3, 0.4) is 0 Å². The van der Waals surface area contributed by atoms with Crippen molar-refractivity contribution in [2.75, 3.05) is 7.05 Å². The van der Waals surface area contributed by atoms with Crippen molar-refractivity contribution in [3.8, 4) is 0 Å². The van der Waals surface area contributed by atoms with E-state index in [1.54, 1.807) is 9.99 Å². The SMILES string of the molecule is CCCC1=CCC1/C=C\N(C)Cl. The fourth-order valence-electron chi connectivity index (χ4n) is 1.42. The predicted octanol–water partition coefficient (Wildman–Crippen LogP) is 3.33. The molecule has 1 atom stereocenters. The van der Waals surface area contributed by atoms with Gasteiger partial charge >= 0.3 is 0 Å². The standard InChI is InChI=1S/C10H16ClN/c1-3-4-9-5-6-10(9)7-8-12(2)11/h5,7-8,10H,3-4,6H2,1-2H3/b8-7-. The molecule has 1 rings (SSSR count). The van der Waals surface area contributed by atoms with Gasteiger partial charge in [0.05, 0.1) is 0 Å². The molecule has 0 aromatic heterocycles. The third-order valence-corrected chi connectivity index (χ3v) is 2.29. The van der Waals surface area contributed by atoms with E-state index in [9.17, 15) is 0 Å². The van der Waals surface area contributed by atoms with Gasteiger partial charge in [-0.2, -0.15) is 0 Å². The minimum atomic E-state index is 0.658. The Morgan fingerprint density at radius 1 is 1.75 bits per heavy atom. The molecule has 12 heavy (non-hydrogen) atoms. The Morgan fingerprint density at radius 3 is 2.92 bits per heavy atom. The predicted molar refractivity (Wildman–Crippen MR) is 53.9 cm³/mol. The Bertz CT molecular complexity index is 194. The van der Waals surface area contributed by atoms with Crippen LogP contribution in [0.4, 0.5) is 0 Å². The van der Waals surface area contributed by atoms with Crippen LogP contribution >= 0.6 is 11.8 Å². The fourth-order valence-corrected chi connectivity index (χ4v) is 1.49. The quantitative estimate of drug-likeness (QED) is 0.480. The van der Waals surface area contributed by atoms with Crippen LogP contribution in [0.25, 0.3) is 0 Å². The summed E-state index contributed by atoms with van der Waals surface area (Å²) in [5.74, 6) is 0.658. The third-order valence-electron chi connectivity index (χ3n) is 2.17. The van der Waals surface area contributed by atoms with E-state index >= 15 is 0 Å². The van der Waals surface area contributed by atoms with Crippen molar-refractivity contribution >= 4 is 11.8 Å². The van der Waals surface area contributed by atoms with Crippen molar-refractivity contribution in [2.24, 2.45) is 5.92 Å². The Morgan fingerprint density at radius 2 is 2.50 bits per heavy atom. The molecule has 0 bridgehead atoms. The van der Waals surface area contributed by atoms with Gasteiger partial charge in [-0.05, 0) is 12.8 Å². The van der Waals surface area contributed by atoms with Crippen LogP contribution in [0.1, 0.15) is 26.2 Å². The van der Waals surface area contributed by atoms with Gasteiger partial charge in [0.25, 0.3) is 0 Å². The molecule has 1 nitrogen and oxygen atoms in total. The van der Waals surface area contributed by atoms with Crippen LogP contribution in [0.2, 0.25) is 0 Å². The fraction of sp³-hybridized carbons (Fsp3) is 0.600. The van der Waals surface area contributed by atoms with Gasteiger partial charge < -0.3 is 0 Å². The molecule has 1 aliphatic rings. The molecule has 0 radical (unpaired) electrons. The Kier molecular flexibility index (Phi) is 3.67. The molecule has 1 unspecified atom stereocenters. The lowest BCUT2D eigenvalue weighted by Gasteiger charge is -2.24. The van der Waals surface area contributed by atoms with E-state index in [0.717, 1.165) is 0 Å². The molecule has 0 spiro atoms. The second-order valence-electron chi connectivity index (χ2n) is 3.24. The van der Waals surface area contributed by atoms with Crippen molar-refractivity contribution in [3.63, 3.8) is 0 Å². The van der Waals surface area contributed by atoms with Crippen molar-refractivity contribution < 1.29 is 0 Å². The van der Waals surface area contributed by atoms with Crippen LogP contribution in [0, 0.1) is 5.92 Å². The number of halogens is 1. The minimum absolute atomic E-state index is 0.658. The molecule has 0 heterocycles. The van der Waals surface area contributed by atoms with Crippen LogP contribution < -0.4 is 0 Å². The van der Waals surface area contributed by atoms with Gasteiger partial charge in [0.2, 0.25) is 0 Å². The highest BCUT2D eigenvalue weighted by molar-refractivity contribution is 6.13. The second-order valence-corrected chi connectivity index (χ2v) is 3.77. The maximum atomic E-state index is 5.65. The minimum Gasteiger partial charge on any atom is -0.296 e. The van der Waals surface area contributed by atoms with Gasteiger partial charge in [0.1, 0.15) is 0 Å². The number of hydrogen-bond acceptors (Lipinski definition) is 1. The van der Waals surface area contributed by atoms with Crippen LogP contribution in [0.15, 0.2) is 23.9 Å². The van der Waals surface area contributed by atoms with Crippen molar-refractivity contribution in [3.05, 3.63) is 23.9 Å². The van der Waals surface area contributed by atoms with Gasteiger partial charge in [-0.15, -0.1) is 0 Å². The summed E-state index contributed by atoms with van der Waals surface area (Å²) in [6.07, 6.45) is 10.1. The molecule has 0 saturated carbocycles. The molecule has 0 N–H and O–H groups in total. The maximum Gasteiger partial charge on any atom is 0.0229 e. The zero-order valence-corrected chi connectivity index (χ0v) is 8.51. The van der Waals surface area contributed by atoms with Gasteiger partial charge in [-0.3, -0.25) is 4.42 Å². The summed E-state index contributed by atoms with van der Waals surface area (Å²) in [6, 6.07) is 0. The molecule has 0 aromatic carbocycles. The van der Waals surface area contributed by atoms with E-state index in [1.165, 1.54) is 19.3 Å². The summed E-state index contributed by atoms with van der Waals surface area (Å²) in [5, 5.41) is 0. The van der Waals surface area contributed by atoms with E-state index in [0.29, 0.717) is 5.92 Å². The highest BCUT2D eigenvalue weighted by Crippen LogP contribution is 2.31. The van der Waals surface area contributed by atoms with Gasteiger partial charge in [-0.25, -0.2) is 0 Å². The topological polar surface area (TPSA) is 3.24 Å². The molecule has 0 saturated heterocycles. The summed E-state index contributed by atoms with van der Waals surface area (Å²) in [7, 11) is 1.83. The van der Waals surface area contributed by atoms with Gasteiger partial charge in [0, 0.05) is 30.9 Å². The maximum absolute atomic E-state index is 5.65. The van der Waals surface area contributed by atoms with E-state index < -0.39 is 0 Å². The van der Waals surface area contributed by atoms with E-state index in [2.05, 4.69) is 19.1 Å². The molecule has 0 fully saturated rings. The molecule has 0 aliphatic heterocycles. The largest absolute Gasteiger partial charge is 0.296 e. The molecule has 0 aromatic rings. The average Bonchev–Trinajstić information content (AvgIpc) is 1.98. The van der Waals surface area contributed by atoms with E-state index in [-0.39, 0.29) is 0 Å².